The lowest BCUT2D eigenvalue weighted by molar-refractivity contribution is 0.0343. The SMILES string of the molecule is C=C[C@@H]1CC[C@H](O)[C@H]2COC(=O)N12. The van der Waals surface area contributed by atoms with Gasteiger partial charge in [0.05, 0.1) is 18.2 Å². The number of carbonyl (C=O) groups excluding carboxylic acids is 1. The van der Waals surface area contributed by atoms with Gasteiger partial charge in [-0.1, -0.05) is 6.08 Å². The summed E-state index contributed by atoms with van der Waals surface area (Å²) in [6.07, 6.45) is 2.47. The first-order valence-electron chi connectivity index (χ1n) is 4.49. The van der Waals surface area contributed by atoms with Crippen LogP contribution < -0.4 is 0 Å². The Morgan fingerprint density at radius 2 is 2.38 bits per heavy atom. The van der Waals surface area contributed by atoms with Gasteiger partial charge < -0.3 is 9.84 Å². The van der Waals surface area contributed by atoms with Crippen LogP contribution in [-0.4, -0.2) is 40.9 Å². The van der Waals surface area contributed by atoms with Gasteiger partial charge in [-0.2, -0.15) is 0 Å². The van der Waals surface area contributed by atoms with Crippen molar-refractivity contribution in [3.8, 4) is 0 Å². The van der Waals surface area contributed by atoms with E-state index in [4.69, 9.17) is 4.74 Å². The van der Waals surface area contributed by atoms with E-state index in [1.807, 2.05) is 0 Å². The molecule has 0 aromatic heterocycles. The maximum atomic E-state index is 11.3. The van der Waals surface area contributed by atoms with Crippen molar-refractivity contribution in [2.75, 3.05) is 6.61 Å². The second-order valence-electron chi connectivity index (χ2n) is 3.50. The van der Waals surface area contributed by atoms with E-state index >= 15 is 0 Å². The molecule has 0 spiro atoms. The van der Waals surface area contributed by atoms with Gasteiger partial charge in [0.2, 0.25) is 0 Å². The molecule has 0 aromatic rings. The fraction of sp³-hybridized carbons (Fsp3) is 0.667. The maximum Gasteiger partial charge on any atom is 0.410 e. The number of aliphatic hydroxyl groups excluding tert-OH is 1. The summed E-state index contributed by atoms with van der Waals surface area (Å²) >= 11 is 0. The summed E-state index contributed by atoms with van der Waals surface area (Å²) in [6.45, 7) is 3.98. The number of hydrogen-bond acceptors (Lipinski definition) is 3. The predicted octanol–water partition coefficient (Wildman–Crippen LogP) is 0.516. The number of piperidine rings is 1. The summed E-state index contributed by atoms with van der Waals surface area (Å²) in [6, 6.07) is -0.132. The number of rotatable bonds is 1. The molecule has 2 heterocycles. The smallest absolute Gasteiger partial charge is 0.410 e. The fourth-order valence-corrected chi connectivity index (χ4v) is 2.03. The van der Waals surface area contributed by atoms with Gasteiger partial charge in [0.25, 0.3) is 0 Å². The Morgan fingerprint density at radius 1 is 1.62 bits per heavy atom. The van der Waals surface area contributed by atoms with Crippen molar-refractivity contribution >= 4 is 6.09 Å². The highest BCUT2D eigenvalue weighted by Crippen LogP contribution is 2.28. The molecule has 4 heteroatoms. The van der Waals surface area contributed by atoms with E-state index in [1.54, 1.807) is 11.0 Å². The molecule has 1 N–H and O–H groups in total. The van der Waals surface area contributed by atoms with Crippen LogP contribution in [0.3, 0.4) is 0 Å². The van der Waals surface area contributed by atoms with Crippen LogP contribution in [0.15, 0.2) is 12.7 Å². The van der Waals surface area contributed by atoms with Crippen LogP contribution in [0, 0.1) is 0 Å². The number of cyclic esters (lactones) is 1. The lowest BCUT2D eigenvalue weighted by atomic mass is 9.94. The third-order valence-corrected chi connectivity index (χ3v) is 2.78. The molecule has 2 rings (SSSR count). The number of hydrogen-bond donors (Lipinski definition) is 1. The Kier molecular flexibility index (Phi) is 2.00. The molecule has 0 radical (unpaired) electrons. The van der Waals surface area contributed by atoms with Crippen LogP contribution in [-0.2, 0) is 4.74 Å². The normalized spacial score (nSPS) is 38.4. The van der Waals surface area contributed by atoms with E-state index in [9.17, 15) is 9.90 Å². The van der Waals surface area contributed by atoms with Crippen molar-refractivity contribution in [2.45, 2.75) is 31.0 Å². The first kappa shape index (κ1) is 8.56. The van der Waals surface area contributed by atoms with E-state index in [1.165, 1.54) is 0 Å². The predicted molar refractivity (Wildman–Crippen MR) is 46.2 cm³/mol. The summed E-state index contributed by atoms with van der Waals surface area (Å²) in [5.74, 6) is 0. The zero-order chi connectivity index (χ0) is 9.42. The molecule has 2 saturated heterocycles. The van der Waals surface area contributed by atoms with Gasteiger partial charge in [-0.25, -0.2) is 4.79 Å². The van der Waals surface area contributed by atoms with Crippen LogP contribution >= 0.6 is 0 Å². The van der Waals surface area contributed by atoms with Crippen molar-refractivity contribution in [1.82, 2.24) is 4.90 Å². The van der Waals surface area contributed by atoms with Gasteiger partial charge in [-0.15, -0.1) is 6.58 Å². The van der Waals surface area contributed by atoms with Crippen molar-refractivity contribution in [2.24, 2.45) is 0 Å². The molecule has 2 aliphatic heterocycles. The van der Waals surface area contributed by atoms with Crippen molar-refractivity contribution < 1.29 is 14.6 Å². The van der Waals surface area contributed by atoms with Crippen LogP contribution in [0.2, 0.25) is 0 Å². The van der Waals surface area contributed by atoms with Crippen LogP contribution in [0.4, 0.5) is 4.79 Å². The quantitative estimate of drug-likeness (QED) is 0.603. The average Bonchev–Trinajstić information content (AvgIpc) is 2.51. The van der Waals surface area contributed by atoms with E-state index in [2.05, 4.69) is 6.58 Å². The Labute approximate surface area is 76.8 Å². The second-order valence-corrected chi connectivity index (χ2v) is 3.50. The first-order valence-corrected chi connectivity index (χ1v) is 4.49. The van der Waals surface area contributed by atoms with Gasteiger partial charge >= 0.3 is 6.09 Å². The van der Waals surface area contributed by atoms with Gasteiger partial charge in [-0.3, -0.25) is 4.90 Å². The van der Waals surface area contributed by atoms with Crippen molar-refractivity contribution in [3.05, 3.63) is 12.7 Å². The molecule has 4 nitrogen and oxygen atoms in total. The Morgan fingerprint density at radius 3 is 3.08 bits per heavy atom. The van der Waals surface area contributed by atoms with E-state index in [0.29, 0.717) is 13.0 Å². The molecule has 0 unspecified atom stereocenters. The molecule has 0 bridgehead atoms. The Balaban J connectivity index is 2.21. The molecule has 0 saturated carbocycles. The summed E-state index contributed by atoms with van der Waals surface area (Å²) in [5.41, 5.74) is 0. The molecular formula is C9H13NO3. The number of aliphatic hydroxyl groups is 1. The van der Waals surface area contributed by atoms with Crippen LogP contribution in [0.25, 0.3) is 0 Å². The number of fused-ring (bicyclic) bond motifs is 1. The minimum atomic E-state index is -0.442. The van der Waals surface area contributed by atoms with E-state index in [0.717, 1.165) is 6.42 Å². The molecule has 0 aliphatic carbocycles. The minimum absolute atomic E-state index is 0.0309. The van der Waals surface area contributed by atoms with E-state index < -0.39 is 6.10 Å². The lowest BCUT2D eigenvalue weighted by Gasteiger charge is -2.36. The van der Waals surface area contributed by atoms with Gasteiger partial charge in [0.15, 0.2) is 0 Å². The monoisotopic (exact) mass is 183 g/mol. The molecule has 2 aliphatic rings. The second kappa shape index (κ2) is 3.03. The highest BCUT2D eigenvalue weighted by atomic mass is 16.6. The molecule has 2 fully saturated rings. The highest BCUT2D eigenvalue weighted by Gasteiger charge is 2.44. The zero-order valence-corrected chi connectivity index (χ0v) is 7.35. The largest absolute Gasteiger partial charge is 0.447 e. The summed E-state index contributed by atoms with van der Waals surface area (Å²) in [7, 11) is 0. The number of carbonyl (C=O) groups is 1. The lowest BCUT2D eigenvalue weighted by Crippen LogP contribution is -2.51. The number of ether oxygens (including phenoxy) is 1. The molecule has 13 heavy (non-hydrogen) atoms. The number of amides is 1. The third kappa shape index (κ3) is 1.21. The van der Waals surface area contributed by atoms with Crippen molar-refractivity contribution in [1.29, 1.82) is 0 Å². The number of nitrogens with zero attached hydrogens (tertiary/aromatic N) is 1. The molecule has 72 valence electrons. The van der Waals surface area contributed by atoms with Crippen LogP contribution in [0.1, 0.15) is 12.8 Å². The van der Waals surface area contributed by atoms with Gasteiger partial charge in [-0.05, 0) is 12.8 Å². The van der Waals surface area contributed by atoms with Crippen LogP contribution in [0.5, 0.6) is 0 Å². The summed E-state index contributed by atoms with van der Waals surface area (Å²) in [4.78, 5) is 12.9. The highest BCUT2D eigenvalue weighted by molar-refractivity contribution is 5.71. The Bertz CT molecular complexity index is 241. The first-order chi connectivity index (χ1) is 6.24. The van der Waals surface area contributed by atoms with E-state index in [-0.39, 0.29) is 18.2 Å². The molecule has 3 atom stereocenters. The molecular weight excluding hydrogens is 170 g/mol. The summed E-state index contributed by atoms with van der Waals surface area (Å²) < 4.78 is 4.88. The third-order valence-electron chi connectivity index (χ3n) is 2.78. The van der Waals surface area contributed by atoms with Gasteiger partial charge in [0.1, 0.15) is 6.61 Å². The van der Waals surface area contributed by atoms with Crippen molar-refractivity contribution in [3.63, 3.8) is 0 Å². The summed E-state index contributed by atoms with van der Waals surface area (Å²) in [5, 5.41) is 9.60. The minimum Gasteiger partial charge on any atom is -0.447 e. The Hall–Kier alpha value is -1.03. The molecule has 0 aromatic carbocycles. The van der Waals surface area contributed by atoms with Gasteiger partial charge in [0, 0.05) is 0 Å². The maximum absolute atomic E-state index is 11.3. The zero-order valence-electron chi connectivity index (χ0n) is 7.35. The topological polar surface area (TPSA) is 49.8 Å². The average molecular weight is 183 g/mol. The standard InChI is InChI=1S/C9H13NO3/c1-2-6-3-4-8(11)7-5-13-9(12)10(6)7/h2,6-8,11H,1,3-5H2/t6-,7-,8+/m1/s1. The molecule has 1 amide bonds. The fourth-order valence-electron chi connectivity index (χ4n) is 2.03.